The van der Waals surface area contributed by atoms with Crippen molar-refractivity contribution in [2.24, 2.45) is 10.5 Å². The van der Waals surface area contributed by atoms with Gasteiger partial charge in [-0.2, -0.15) is 5.10 Å². The summed E-state index contributed by atoms with van der Waals surface area (Å²) in [7, 11) is 0. The predicted octanol–water partition coefficient (Wildman–Crippen LogP) is 4.43. The van der Waals surface area contributed by atoms with Crippen LogP contribution in [0.3, 0.4) is 0 Å². The first kappa shape index (κ1) is 17.6. The van der Waals surface area contributed by atoms with Gasteiger partial charge < -0.3 is 0 Å². The molecule has 0 aliphatic heterocycles. The molecule has 8 nitrogen and oxygen atoms in total. The summed E-state index contributed by atoms with van der Waals surface area (Å²) in [4.78, 5) is 20.5. The average Bonchev–Trinajstić information content (AvgIpc) is 2.52. The van der Waals surface area contributed by atoms with Gasteiger partial charge in [-0.1, -0.05) is 19.9 Å². The Morgan fingerprint density at radius 2 is 1.96 bits per heavy atom. The number of rotatable bonds is 5. The summed E-state index contributed by atoms with van der Waals surface area (Å²) in [5, 5.41) is 26.0. The number of anilines is 1. The molecule has 0 saturated heterocycles. The van der Waals surface area contributed by atoms with Crippen molar-refractivity contribution in [1.82, 2.24) is 0 Å². The summed E-state index contributed by atoms with van der Waals surface area (Å²) < 4.78 is 0. The molecule has 8 heteroatoms. The van der Waals surface area contributed by atoms with Crippen molar-refractivity contribution in [1.29, 1.82) is 0 Å². The van der Waals surface area contributed by atoms with Gasteiger partial charge in [0.05, 0.1) is 21.6 Å². The van der Waals surface area contributed by atoms with E-state index < -0.39 is 9.85 Å². The lowest BCUT2D eigenvalue weighted by atomic mass is 9.77. The van der Waals surface area contributed by atoms with E-state index in [2.05, 4.69) is 30.5 Å². The molecule has 0 unspecified atom stereocenters. The third kappa shape index (κ3) is 4.15. The van der Waals surface area contributed by atoms with Gasteiger partial charge in [0.15, 0.2) is 0 Å². The number of benzene rings is 1. The van der Waals surface area contributed by atoms with Crippen molar-refractivity contribution in [2.75, 3.05) is 5.43 Å². The summed E-state index contributed by atoms with van der Waals surface area (Å²) in [5.74, 6) is 0. The molecule has 0 spiro atoms. The quantitative estimate of drug-likeness (QED) is 0.487. The Kier molecular flexibility index (Phi) is 4.96. The van der Waals surface area contributed by atoms with Crippen molar-refractivity contribution in [3.63, 3.8) is 0 Å². The Labute approximate surface area is 139 Å². The van der Waals surface area contributed by atoms with E-state index in [4.69, 9.17) is 0 Å². The second-order valence-electron chi connectivity index (χ2n) is 6.62. The maximum atomic E-state index is 11.1. The number of non-ortho nitro benzene ring substituents is 1. The van der Waals surface area contributed by atoms with Crippen molar-refractivity contribution < 1.29 is 9.85 Å². The minimum absolute atomic E-state index is 0.127. The van der Waals surface area contributed by atoms with Crippen LogP contribution in [0.15, 0.2) is 34.9 Å². The van der Waals surface area contributed by atoms with Gasteiger partial charge in [-0.3, -0.25) is 25.7 Å². The molecule has 0 bridgehead atoms. The number of hydrogen-bond donors (Lipinski definition) is 1. The van der Waals surface area contributed by atoms with Crippen molar-refractivity contribution in [3.8, 4) is 0 Å². The monoisotopic (exact) mass is 332 g/mol. The van der Waals surface area contributed by atoms with E-state index in [0.717, 1.165) is 36.6 Å². The standard InChI is InChI=1S/C16H20N4O4/c1-11(12-6-8-16(2,3)9-7-12)17-18-14-5-4-13(19(21)22)10-15(14)20(23)24/h4-6,10,18H,7-9H2,1-3H3/b17-11-. The van der Waals surface area contributed by atoms with E-state index in [-0.39, 0.29) is 22.5 Å². The highest BCUT2D eigenvalue weighted by Gasteiger charge is 2.23. The fourth-order valence-corrected chi connectivity index (χ4v) is 2.50. The van der Waals surface area contributed by atoms with Crippen LogP contribution in [0, 0.1) is 25.6 Å². The molecule has 0 amide bonds. The minimum atomic E-state index is -0.667. The van der Waals surface area contributed by atoms with E-state index in [0.29, 0.717) is 0 Å². The minimum Gasteiger partial charge on any atom is -0.271 e. The van der Waals surface area contributed by atoms with E-state index in [1.165, 1.54) is 12.1 Å². The zero-order valence-electron chi connectivity index (χ0n) is 13.9. The smallest absolute Gasteiger partial charge is 0.271 e. The zero-order valence-corrected chi connectivity index (χ0v) is 13.9. The van der Waals surface area contributed by atoms with Crippen molar-refractivity contribution in [2.45, 2.75) is 40.0 Å². The molecule has 0 aromatic heterocycles. The van der Waals surface area contributed by atoms with E-state index in [9.17, 15) is 20.2 Å². The second-order valence-corrected chi connectivity index (χ2v) is 6.62. The summed E-state index contributed by atoms with van der Waals surface area (Å²) in [5.41, 5.74) is 4.25. The lowest BCUT2D eigenvalue weighted by Gasteiger charge is -2.28. The second kappa shape index (κ2) is 6.77. The van der Waals surface area contributed by atoms with Crippen LogP contribution >= 0.6 is 0 Å². The lowest BCUT2D eigenvalue weighted by molar-refractivity contribution is -0.393. The third-order valence-corrected chi connectivity index (χ3v) is 4.17. The highest BCUT2D eigenvalue weighted by Crippen LogP contribution is 2.34. The van der Waals surface area contributed by atoms with Gasteiger partial charge in [0.1, 0.15) is 5.69 Å². The number of nitro benzene ring substituents is 2. The van der Waals surface area contributed by atoms with Gasteiger partial charge in [-0.15, -0.1) is 0 Å². The molecule has 0 atom stereocenters. The van der Waals surface area contributed by atoms with E-state index in [1.54, 1.807) is 0 Å². The summed E-state index contributed by atoms with van der Waals surface area (Å²) in [6.07, 6.45) is 5.08. The highest BCUT2D eigenvalue weighted by atomic mass is 16.6. The van der Waals surface area contributed by atoms with Crippen LogP contribution in [0.5, 0.6) is 0 Å². The molecule has 2 rings (SSSR count). The molecule has 1 aliphatic rings. The Morgan fingerprint density at radius 3 is 2.50 bits per heavy atom. The van der Waals surface area contributed by atoms with Crippen LogP contribution in [0.1, 0.15) is 40.0 Å². The molecule has 1 aromatic carbocycles. The SMILES string of the molecule is C/C(=N/Nc1ccc([N+](=O)[O-])cc1[N+](=O)[O-])C1=CCC(C)(C)CC1. The zero-order chi connectivity index (χ0) is 17.9. The molecular weight excluding hydrogens is 312 g/mol. The van der Waals surface area contributed by atoms with Crippen LogP contribution < -0.4 is 5.43 Å². The molecule has 1 aliphatic carbocycles. The van der Waals surface area contributed by atoms with E-state index in [1.807, 2.05) is 6.92 Å². The molecule has 1 N–H and O–H groups in total. The third-order valence-electron chi connectivity index (χ3n) is 4.17. The number of nitrogens with zero attached hydrogens (tertiary/aromatic N) is 3. The van der Waals surface area contributed by atoms with Gasteiger partial charge in [-0.05, 0) is 43.2 Å². The van der Waals surface area contributed by atoms with Crippen LogP contribution in [-0.4, -0.2) is 15.6 Å². The average molecular weight is 332 g/mol. The van der Waals surface area contributed by atoms with Gasteiger partial charge in [0.2, 0.25) is 0 Å². The first-order valence-corrected chi connectivity index (χ1v) is 7.62. The molecule has 0 radical (unpaired) electrons. The van der Waals surface area contributed by atoms with Gasteiger partial charge in [0.25, 0.3) is 5.69 Å². The molecular formula is C16H20N4O4. The number of allylic oxidation sites excluding steroid dienone is 2. The van der Waals surface area contributed by atoms with Crippen LogP contribution in [0.2, 0.25) is 0 Å². The van der Waals surface area contributed by atoms with Crippen molar-refractivity contribution >= 4 is 22.8 Å². The molecule has 1 aromatic rings. The summed E-state index contributed by atoms with van der Waals surface area (Å²) in [6.45, 7) is 6.27. The maximum Gasteiger partial charge on any atom is 0.301 e. The van der Waals surface area contributed by atoms with Gasteiger partial charge in [0, 0.05) is 6.07 Å². The molecule has 0 heterocycles. The van der Waals surface area contributed by atoms with Crippen molar-refractivity contribution in [3.05, 3.63) is 50.1 Å². The van der Waals surface area contributed by atoms with Gasteiger partial charge >= 0.3 is 5.69 Å². The Bertz CT molecular complexity index is 738. The fraction of sp³-hybridized carbons (Fsp3) is 0.438. The summed E-state index contributed by atoms with van der Waals surface area (Å²) in [6, 6.07) is 3.43. The lowest BCUT2D eigenvalue weighted by Crippen LogP contribution is -2.17. The number of nitro groups is 2. The molecule has 128 valence electrons. The number of hydrazone groups is 1. The highest BCUT2D eigenvalue weighted by molar-refractivity contribution is 5.98. The first-order valence-electron chi connectivity index (χ1n) is 7.62. The number of hydrogen-bond acceptors (Lipinski definition) is 6. The molecule has 0 saturated carbocycles. The van der Waals surface area contributed by atoms with Gasteiger partial charge in [-0.25, -0.2) is 0 Å². The normalized spacial score (nSPS) is 17.1. The van der Waals surface area contributed by atoms with Crippen LogP contribution in [0.4, 0.5) is 17.1 Å². The predicted molar refractivity (Wildman–Crippen MR) is 92.2 cm³/mol. The largest absolute Gasteiger partial charge is 0.301 e. The molecule has 24 heavy (non-hydrogen) atoms. The first-order chi connectivity index (χ1) is 11.2. The number of nitrogens with one attached hydrogen (secondary N) is 1. The van der Waals surface area contributed by atoms with E-state index >= 15 is 0 Å². The Balaban J connectivity index is 2.20. The summed E-state index contributed by atoms with van der Waals surface area (Å²) >= 11 is 0. The van der Waals surface area contributed by atoms with Crippen LogP contribution in [-0.2, 0) is 0 Å². The topological polar surface area (TPSA) is 111 Å². The molecule has 0 fully saturated rings. The fourth-order valence-electron chi connectivity index (χ4n) is 2.50. The maximum absolute atomic E-state index is 11.1. The Hall–Kier alpha value is -2.77. The van der Waals surface area contributed by atoms with Crippen LogP contribution in [0.25, 0.3) is 0 Å². The Morgan fingerprint density at radius 1 is 1.25 bits per heavy atom.